The van der Waals surface area contributed by atoms with Crippen molar-refractivity contribution in [2.75, 3.05) is 5.32 Å². The second-order valence-corrected chi connectivity index (χ2v) is 6.02. The van der Waals surface area contributed by atoms with Gasteiger partial charge in [0.15, 0.2) is 17.5 Å². The fourth-order valence-corrected chi connectivity index (χ4v) is 2.56. The molecule has 2 aromatic carbocycles. The minimum atomic E-state index is -1.63. The number of halogens is 4. The molecule has 5 nitrogen and oxygen atoms in total. The zero-order valence-electron chi connectivity index (χ0n) is 12.5. The Morgan fingerprint density at radius 2 is 1.88 bits per heavy atom. The monoisotopic (exact) mass is 410 g/mol. The molecule has 1 amide bonds. The maximum Gasteiger partial charge on any atom is 0.258 e. The Morgan fingerprint density at radius 3 is 2.56 bits per heavy atom. The highest BCUT2D eigenvalue weighted by molar-refractivity contribution is 9.10. The number of hydrogen-bond acceptors (Lipinski definition) is 3. The molecule has 0 bridgehead atoms. The van der Waals surface area contributed by atoms with Crippen LogP contribution in [0, 0.1) is 17.5 Å². The van der Waals surface area contributed by atoms with Gasteiger partial charge in [-0.05, 0) is 29.8 Å². The molecule has 128 valence electrons. The van der Waals surface area contributed by atoms with Crippen LogP contribution in [-0.2, 0) is 6.54 Å². The van der Waals surface area contributed by atoms with Gasteiger partial charge >= 0.3 is 0 Å². The summed E-state index contributed by atoms with van der Waals surface area (Å²) < 4.78 is 41.7. The van der Waals surface area contributed by atoms with Gasteiger partial charge in [0.05, 0.1) is 6.54 Å². The van der Waals surface area contributed by atoms with E-state index in [0.29, 0.717) is 18.7 Å². The van der Waals surface area contributed by atoms with Crippen molar-refractivity contribution in [3.63, 3.8) is 0 Å². The number of nitrogens with zero attached hydrogens (tertiary/aromatic N) is 3. The summed E-state index contributed by atoms with van der Waals surface area (Å²) in [4.78, 5) is 15.9. The number of amides is 1. The van der Waals surface area contributed by atoms with Gasteiger partial charge in [-0.15, -0.1) is 5.10 Å². The van der Waals surface area contributed by atoms with E-state index in [0.717, 1.165) is 10.0 Å². The predicted octanol–water partition coefficient (Wildman–Crippen LogP) is 3.76. The van der Waals surface area contributed by atoms with Crippen LogP contribution in [-0.4, -0.2) is 20.7 Å². The number of hydrogen-bond donors (Lipinski definition) is 1. The van der Waals surface area contributed by atoms with Crippen molar-refractivity contribution in [3.05, 3.63) is 75.8 Å². The van der Waals surface area contributed by atoms with Gasteiger partial charge in [-0.1, -0.05) is 28.1 Å². The van der Waals surface area contributed by atoms with Gasteiger partial charge in [0.2, 0.25) is 5.95 Å². The van der Waals surface area contributed by atoms with E-state index < -0.39 is 23.4 Å². The number of aromatic nitrogens is 3. The Bertz CT molecular complexity index is 922. The SMILES string of the molecule is O=C(Nc1ncn(Cc2cccc(Br)c2)n1)c1cc(F)c(F)c(F)c1. The van der Waals surface area contributed by atoms with Crippen molar-refractivity contribution in [1.29, 1.82) is 0 Å². The van der Waals surface area contributed by atoms with Crippen LogP contribution in [0.4, 0.5) is 19.1 Å². The van der Waals surface area contributed by atoms with Crippen molar-refractivity contribution in [3.8, 4) is 0 Å². The summed E-state index contributed by atoms with van der Waals surface area (Å²) >= 11 is 3.37. The number of benzene rings is 2. The number of nitrogens with one attached hydrogen (secondary N) is 1. The molecular formula is C16H10BrF3N4O. The molecular weight excluding hydrogens is 401 g/mol. The Kier molecular flexibility index (Phi) is 4.84. The summed E-state index contributed by atoms with van der Waals surface area (Å²) in [6.45, 7) is 0.419. The van der Waals surface area contributed by atoms with E-state index in [4.69, 9.17) is 0 Å². The Labute approximate surface area is 148 Å². The van der Waals surface area contributed by atoms with Crippen LogP contribution < -0.4 is 5.32 Å². The number of carbonyl (C=O) groups excluding carboxylic acids is 1. The lowest BCUT2D eigenvalue weighted by molar-refractivity contribution is 0.102. The third-order valence-electron chi connectivity index (χ3n) is 3.24. The lowest BCUT2D eigenvalue weighted by Gasteiger charge is -2.03. The zero-order chi connectivity index (χ0) is 18.0. The van der Waals surface area contributed by atoms with Gasteiger partial charge in [-0.3, -0.25) is 10.1 Å². The van der Waals surface area contributed by atoms with Crippen molar-refractivity contribution in [2.45, 2.75) is 6.54 Å². The van der Waals surface area contributed by atoms with Crippen LogP contribution in [0.5, 0.6) is 0 Å². The van der Waals surface area contributed by atoms with Gasteiger partial charge in [0, 0.05) is 10.0 Å². The van der Waals surface area contributed by atoms with E-state index >= 15 is 0 Å². The molecule has 0 aliphatic carbocycles. The van der Waals surface area contributed by atoms with Crippen LogP contribution >= 0.6 is 15.9 Å². The summed E-state index contributed by atoms with van der Waals surface area (Å²) in [5, 5.41) is 6.36. The molecule has 25 heavy (non-hydrogen) atoms. The largest absolute Gasteiger partial charge is 0.289 e. The van der Waals surface area contributed by atoms with E-state index in [-0.39, 0.29) is 11.5 Å². The first-order valence-electron chi connectivity index (χ1n) is 7.02. The van der Waals surface area contributed by atoms with Gasteiger partial charge in [-0.2, -0.15) is 0 Å². The van der Waals surface area contributed by atoms with Crippen molar-refractivity contribution >= 4 is 27.8 Å². The summed E-state index contributed by atoms with van der Waals surface area (Å²) in [6.07, 6.45) is 1.41. The number of carbonyl (C=O) groups is 1. The quantitative estimate of drug-likeness (QED) is 0.666. The molecule has 3 rings (SSSR count). The lowest BCUT2D eigenvalue weighted by Crippen LogP contribution is -2.14. The van der Waals surface area contributed by atoms with Crippen LogP contribution in [0.1, 0.15) is 15.9 Å². The molecule has 0 saturated heterocycles. The Balaban J connectivity index is 1.72. The highest BCUT2D eigenvalue weighted by Crippen LogP contribution is 2.15. The van der Waals surface area contributed by atoms with E-state index in [1.54, 1.807) is 0 Å². The normalized spacial score (nSPS) is 10.7. The molecule has 1 heterocycles. The zero-order valence-corrected chi connectivity index (χ0v) is 14.1. The van der Waals surface area contributed by atoms with E-state index in [1.165, 1.54) is 11.0 Å². The van der Waals surface area contributed by atoms with Crippen LogP contribution in [0.2, 0.25) is 0 Å². The second-order valence-electron chi connectivity index (χ2n) is 5.10. The molecule has 0 fully saturated rings. The third kappa shape index (κ3) is 4.05. The lowest BCUT2D eigenvalue weighted by atomic mass is 10.2. The standard InChI is InChI=1S/C16H10BrF3N4O/c17-11-3-1-2-9(4-11)7-24-8-21-16(23-24)22-15(25)10-5-12(18)14(20)13(19)6-10/h1-6,8H,7H2,(H,22,23,25). The van der Waals surface area contributed by atoms with Crippen molar-refractivity contribution in [1.82, 2.24) is 14.8 Å². The van der Waals surface area contributed by atoms with Crippen LogP contribution in [0.3, 0.4) is 0 Å². The Morgan fingerprint density at radius 1 is 1.16 bits per heavy atom. The fraction of sp³-hybridized carbons (Fsp3) is 0.0625. The number of rotatable bonds is 4. The van der Waals surface area contributed by atoms with Crippen molar-refractivity contribution in [2.24, 2.45) is 0 Å². The molecule has 3 aromatic rings. The minimum Gasteiger partial charge on any atom is -0.289 e. The minimum absolute atomic E-state index is 0.0369. The smallest absolute Gasteiger partial charge is 0.258 e. The van der Waals surface area contributed by atoms with Gasteiger partial charge in [0.25, 0.3) is 5.91 Å². The first-order chi connectivity index (χ1) is 11.9. The summed E-state index contributed by atoms with van der Waals surface area (Å²) in [7, 11) is 0. The van der Waals surface area contributed by atoms with E-state index in [2.05, 4.69) is 31.3 Å². The summed E-state index contributed by atoms with van der Waals surface area (Å²) in [5.41, 5.74) is 0.583. The molecule has 0 saturated carbocycles. The topological polar surface area (TPSA) is 59.8 Å². The number of anilines is 1. The molecule has 1 aromatic heterocycles. The van der Waals surface area contributed by atoms with Crippen LogP contribution in [0.25, 0.3) is 0 Å². The maximum atomic E-state index is 13.2. The van der Waals surface area contributed by atoms with Crippen LogP contribution in [0.15, 0.2) is 47.2 Å². The average molecular weight is 411 g/mol. The van der Waals surface area contributed by atoms with Gasteiger partial charge < -0.3 is 0 Å². The average Bonchev–Trinajstić information content (AvgIpc) is 2.99. The van der Waals surface area contributed by atoms with Gasteiger partial charge in [0.1, 0.15) is 6.33 Å². The van der Waals surface area contributed by atoms with Crippen molar-refractivity contribution < 1.29 is 18.0 Å². The molecule has 0 unspecified atom stereocenters. The molecule has 1 N–H and O–H groups in total. The molecule has 0 aliphatic rings. The fourth-order valence-electron chi connectivity index (χ4n) is 2.11. The molecule has 0 atom stereocenters. The van der Waals surface area contributed by atoms with E-state index in [1.807, 2.05) is 24.3 Å². The summed E-state index contributed by atoms with van der Waals surface area (Å²) in [6, 6.07) is 8.77. The molecule has 0 radical (unpaired) electrons. The molecule has 9 heteroatoms. The first-order valence-corrected chi connectivity index (χ1v) is 7.81. The second kappa shape index (κ2) is 7.06. The Hall–Kier alpha value is -2.68. The van der Waals surface area contributed by atoms with Gasteiger partial charge in [-0.25, -0.2) is 22.8 Å². The maximum absolute atomic E-state index is 13.2. The highest BCUT2D eigenvalue weighted by Gasteiger charge is 2.16. The highest BCUT2D eigenvalue weighted by atomic mass is 79.9. The third-order valence-corrected chi connectivity index (χ3v) is 3.73. The predicted molar refractivity (Wildman–Crippen MR) is 87.5 cm³/mol. The van der Waals surface area contributed by atoms with E-state index in [9.17, 15) is 18.0 Å². The first kappa shape index (κ1) is 17.2. The molecule has 0 spiro atoms. The summed E-state index contributed by atoms with van der Waals surface area (Å²) in [5.74, 6) is -5.41. The molecule has 0 aliphatic heterocycles.